The lowest BCUT2D eigenvalue weighted by atomic mass is 9.35. The zero-order valence-electron chi connectivity index (χ0n) is 12.9. The molecule has 5 heteroatoms. The summed E-state index contributed by atoms with van der Waals surface area (Å²) in [5, 5.41) is 0. The molecule has 122 valence electrons. The van der Waals surface area contributed by atoms with Crippen molar-refractivity contribution in [3.05, 3.63) is 35.4 Å². The molecule has 0 amide bonds. The van der Waals surface area contributed by atoms with Gasteiger partial charge >= 0.3 is 6.18 Å². The third kappa shape index (κ3) is 2.35. The first kappa shape index (κ1) is 15.8. The van der Waals surface area contributed by atoms with E-state index in [1.54, 1.807) is 6.07 Å². The molecule has 2 aliphatic rings. The van der Waals surface area contributed by atoms with Gasteiger partial charge in [0, 0.05) is 5.54 Å². The smallest absolute Gasteiger partial charge is 0.376 e. The predicted octanol–water partition coefficient (Wildman–Crippen LogP) is 3.99. The molecule has 0 bridgehead atoms. The van der Waals surface area contributed by atoms with Crippen molar-refractivity contribution in [1.82, 2.24) is 0 Å². The summed E-state index contributed by atoms with van der Waals surface area (Å²) in [6.07, 6.45) is -2.13. The van der Waals surface area contributed by atoms with Crippen molar-refractivity contribution in [3.63, 3.8) is 0 Å². The van der Waals surface area contributed by atoms with Crippen LogP contribution in [0.25, 0.3) is 0 Å². The van der Waals surface area contributed by atoms with Crippen LogP contribution in [-0.2, 0) is 17.5 Å². The van der Waals surface area contributed by atoms with Gasteiger partial charge in [0.2, 0.25) is 0 Å². The molecular formula is C17H22F3NO. The highest BCUT2D eigenvalue weighted by atomic mass is 19.4. The molecule has 3 rings (SSSR count). The molecule has 0 heterocycles. The quantitative estimate of drug-likeness (QED) is 0.912. The number of benzene rings is 1. The second-order valence-electron chi connectivity index (χ2n) is 7.25. The lowest BCUT2D eigenvalue weighted by molar-refractivity contribution is -0.211. The maximum atomic E-state index is 12.7. The van der Waals surface area contributed by atoms with E-state index in [2.05, 4.69) is 13.8 Å². The van der Waals surface area contributed by atoms with Gasteiger partial charge in [-0.25, -0.2) is 0 Å². The standard InChI is InChI=1S/C17H22F3NO/c1-15(21)8-13-7-14(16(13,15)2)10-22-9-11-4-3-5-12(6-11)17(18,19)20/h3-6,13-14H,7-10,21H2,1-2H3. The van der Waals surface area contributed by atoms with Crippen molar-refractivity contribution in [1.29, 1.82) is 0 Å². The Morgan fingerprint density at radius 3 is 2.64 bits per heavy atom. The zero-order chi connectivity index (χ0) is 16.2. The van der Waals surface area contributed by atoms with Crippen molar-refractivity contribution >= 4 is 0 Å². The van der Waals surface area contributed by atoms with E-state index in [9.17, 15) is 13.2 Å². The molecule has 0 saturated heterocycles. The minimum Gasteiger partial charge on any atom is -0.376 e. The minimum absolute atomic E-state index is 0.126. The fourth-order valence-electron chi connectivity index (χ4n) is 4.23. The Balaban J connectivity index is 1.54. The summed E-state index contributed by atoms with van der Waals surface area (Å²) >= 11 is 0. The van der Waals surface area contributed by atoms with Crippen LogP contribution in [-0.4, -0.2) is 12.1 Å². The monoisotopic (exact) mass is 313 g/mol. The minimum atomic E-state index is -4.31. The van der Waals surface area contributed by atoms with Gasteiger partial charge in [-0.05, 0) is 54.7 Å². The molecule has 4 unspecified atom stereocenters. The molecule has 2 nitrogen and oxygen atoms in total. The first-order chi connectivity index (χ1) is 10.1. The number of nitrogens with two attached hydrogens (primary N) is 1. The molecule has 0 radical (unpaired) electrons. The molecular weight excluding hydrogens is 291 g/mol. The van der Waals surface area contributed by atoms with Crippen LogP contribution in [0.1, 0.15) is 37.8 Å². The summed E-state index contributed by atoms with van der Waals surface area (Å²) in [5.41, 5.74) is 6.22. The topological polar surface area (TPSA) is 35.2 Å². The van der Waals surface area contributed by atoms with Crippen molar-refractivity contribution in [3.8, 4) is 0 Å². The van der Waals surface area contributed by atoms with E-state index in [0.717, 1.165) is 25.0 Å². The number of alkyl halides is 3. The van der Waals surface area contributed by atoms with Crippen LogP contribution in [0.5, 0.6) is 0 Å². The molecule has 2 aliphatic carbocycles. The van der Waals surface area contributed by atoms with Crippen LogP contribution in [0.2, 0.25) is 0 Å². The average molecular weight is 313 g/mol. The van der Waals surface area contributed by atoms with Crippen LogP contribution >= 0.6 is 0 Å². The molecule has 22 heavy (non-hydrogen) atoms. The normalized spacial score (nSPS) is 37.2. The maximum absolute atomic E-state index is 12.7. The Morgan fingerprint density at radius 1 is 1.32 bits per heavy atom. The Morgan fingerprint density at radius 2 is 2.05 bits per heavy atom. The molecule has 1 aromatic rings. The Labute approximate surface area is 128 Å². The number of hydrogen-bond acceptors (Lipinski definition) is 2. The fraction of sp³-hybridized carbons (Fsp3) is 0.647. The summed E-state index contributed by atoms with van der Waals surface area (Å²) in [6.45, 7) is 5.07. The summed E-state index contributed by atoms with van der Waals surface area (Å²) < 4.78 is 43.7. The van der Waals surface area contributed by atoms with Gasteiger partial charge in [0.05, 0.1) is 18.8 Å². The highest BCUT2D eigenvalue weighted by Gasteiger charge is 2.67. The second-order valence-corrected chi connectivity index (χ2v) is 7.25. The first-order valence-corrected chi connectivity index (χ1v) is 7.67. The van der Waals surface area contributed by atoms with Crippen LogP contribution in [0.4, 0.5) is 13.2 Å². The number of fused-ring (bicyclic) bond motifs is 1. The molecule has 0 spiro atoms. The molecule has 2 fully saturated rings. The van der Waals surface area contributed by atoms with Gasteiger partial charge < -0.3 is 10.5 Å². The number of halogens is 3. The van der Waals surface area contributed by atoms with E-state index < -0.39 is 11.7 Å². The molecule has 2 N–H and O–H groups in total. The van der Waals surface area contributed by atoms with Gasteiger partial charge in [0.1, 0.15) is 0 Å². The molecule has 0 aliphatic heterocycles. The van der Waals surface area contributed by atoms with Gasteiger partial charge in [-0.15, -0.1) is 0 Å². The van der Waals surface area contributed by atoms with E-state index in [1.165, 1.54) is 6.07 Å². The molecule has 2 saturated carbocycles. The van der Waals surface area contributed by atoms with Crippen LogP contribution in [0.3, 0.4) is 0 Å². The maximum Gasteiger partial charge on any atom is 0.416 e. The van der Waals surface area contributed by atoms with Gasteiger partial charge in [0.15, 0.2) is 0 Å². The molecule has 0 aromatic heterocycles. The zero-order valence-corrected chi connectivity index (χ0v) is 12.9. The number of ether oxygens (including phenoxy) is 1. The highest BCUT2D eigenvalue weighted by molar-refractivity contribution is 5.25. The van der Waals surface area contributed by atoms with Gasteiger partial charge in [-0.3, -0.25) is 0 Å². The van der Waals surface area contributed by atoms with E-state index in [0.29, 0.717) is 24.0 Å². The fourth-order valence-corrected chi connectivity index (χ4v) is 4.23. The summed E-state index contributed by atoms with van der Waals surface area (Å²) in [5.74, 6) is 1.09. The number of hydrogen-bond donors (Lipinski definition) is 1. The van der Waals surface area contributed by atoms with E-state index in [4.69, 9.17) is 10.5 Å². The van der Waals surface area contributed by atoms with E-state index >= 15 is 0 Å². The molecule has 1 aromatic carbocycles. The summed E-state index contributed by atoms with van der Waals surface area (Å²) in [7, 11) is 0. The third-order valence-corrected chi connectivity index (χ3v) is 6.01. The van der Waals surface area contributed by atoms with Crippen molar-refractivity contribution in [2.45, 2.75) is 45.0 Å². The Bertz CT molecular complexity index is 569. The van der Waals surface area contributed by atoms with Gasteiger partial charge in [-0.1, -0.05) is 19.1 Å². The third-order valence-electron chi connectivity index (χ3n) is 6.01. The number of rotatable bonds is 4. The van der Waals surface area contributed by atoms with E-state index in [1.807, 2.05) is 0 Å². The Hall–Kier alpha value is -1.07. The second kappa shape index (κ2) is 4.96. The lowest BCUT2D eigenvalue weighted by Crippen LogP contribution is -2.75. The van der Waals surface area contributed by atoms with Crippen molar-refractivity contribution in [2.75, 3.05) is 6.61 Å². The van der Waals surface area contributed by atoms with Gasteiger partial charge in [0.25, 0.3) is 0 Å². The predicted molar refractivity (Wildman–Crippen MR) is 78.0 cm³/mol. The van der Waals surface area contributed by atoms with Crippen molar-refractivity contribution in [2.24, 2.45) is 23.0 Å². The summed E-state index contributed by atoms with van der Waals surface area (Å²) in [6, 6.07) is 5.32. The lowest BCUT2D eigenvalue weighted by Gasteiger charge is -2.71. The first-order valence-electron chi connectivity index (χ1n) is 7.67. The largest absolute Gasteiger partial charge is 0.416 e. The van der Waals surface area contributed by atoms with Gasteiger partial charge in [-0.2, -0.15) is 13.2 Å². The Kier molecular flexibility index (Phi) is 3.57. The highest BCUT2D eigenvalue weighted by Crippen LogP contribution is 2.68. The van der Waals surface area contributed by atoms with Crippen LogP contribution < -0.4 is 5.73 Å². The van der Waals surface area contributed by atoms with Crippen LogP contribution in [0.15, 0.2) is 24.3 Å². The van der Waals surface area contributed by atoms with Crippen molar-refractivity contribution < 1.29 is 17.9 Å². The van der Waals surface area contributed by atoms with Crippen LogP contribution in [0, 0.1) is 17.3 Å². The SMILES string of the molecule is CC1(N)CC2CC(COCc3cccc(C(F)(F)F)c3)C21C. The van der Waals surface area contributed by atoms with E-state index in [-0.39, 0.29) is 17.6 Å². The molecule has 4 atom stereocenters. The summed E-state index contributed by atoms with van der Waals surface area (Å²) in [4.78, 5) is 0. The average Bonchev–Trinajstić information content (AvgIpc) is 2.44.